The Bertz CT molecular complexity index is 386. The highest BCUT2D eigenvalue weighted by Crippen LogP contribution is 2.33. The zero-order valence-corrected chi connectivity index (χ0v) is 12.5. The second-order valence-corrected chi connectivity index (χ2v) is 6.23. The van der Waals surface area contributed by atoms with Gasteiger partial charge in [-0.15, -0.1) is 0 Å². The quantitative estimate of drug-likeness (QED) is 0.633. The summed E-state index contributed by atoms with van der Waals surface area (Å²) in [6.07, 6.45) is 7.60. The van der Waals surface area contributed by atoms with Crippen LogP contribution in [0.3, 0.4) is 0 Å². The van der Waals surface area contributed by atoms with Crippen LogP contribution >= 0.6 is 11.6 Å². The first-order chi connectivity index (χ1) is 9.22. The summed E-state index contributed by atoms with van der Waals surface area (Å²) in [5.41, 5.74) is 4.30. The van der Waals surface area contributed by atoms with Gasteiger partial charge < -0.3 is 0 Å². The molecule has 0 heterocycles. The van der Waals surface area contributed by atoms with Crippen LogP contribution in [0.1, 0.15) is 44.6 Å². The fourth-order valence-electron chi connectivity index (χ4n) is 3.28. The van der Waals surface area contributed by atoms with E-state index in [1.807, 2.05) is 18.2 Å². The second-order valence-electron chi connectivity index (χ2n) is 5.80. The maximum Gasteiger partial charge on any atom is 0.0408 e. The number of halogens is 1. The van der Waals surface area contributed by atoms with Crippen molar-refractivity contribution in [3.8, 4) is 0 Å². The van der Waals surface area contributed by atoms with Gasteiger partial charge in [-0.1, -0.05) is 49.9 Å². The van der Waals surface area contributed by atoms with E-state index in [2.05, 4.69) is 18.4 Å². The fourth-order valence-corrected chi connectivity index (χ4v) is 3.49. The monoisotopic (exact) mass is 280 g/mol. The molecule has 19 heavy (non-hydrogen) atoms. The molecule has 0 bridgehead atoms. The summed E-state index contributed by atoms with van der Waals surface area (Å²) < 4.78 is 0. The highest BCUT2D eigenvalue weighted by Gasteiger charge is 2.26. The van der Waals surface area contributed by atoms with Crippen LogP contribution in [-0.2, 0) is 6.42 Å². The van der Waals surface area contributed by atoms with Gasteiger partial charge in [0.1, 0.15) is 0 Å². The first-order valence-electron chi connectivity index (χ1n) is 7.43. The van der Waals surface area contributed by atoms with E-state index in [1.165, 1.54) is 37.7 Å². The van der Waals surface area contributed by atoms with Crippen molar-refractivity contribution in [2.75, 3.05) is 0 Å². The van der Waals surface area contributed by atoms with Gasteiger partial charge in [-0.05, 0) is 48.8 Å². The molecule has 0 saturated heterocycles. The number of nitrogens with two attached hydrogens (primary N) is 1. The average molecular weight is 281 g/mol. The van der Waals surface area contributed by atoms with Crippen LogP contribution in [-0.4, -0.2) is 6.04 Å². The van der Waals surface area contributed by atoms with Crippen molar-refractivity contribution in [1.29, 1.82) is 0 Å². The molecule has 0 amide bonds. The van der Waals surface area contributed by atoms with E-state index in [0.29, 0.717) is 12.0 Å². The zero-order chi connectivity index (χ0) is 13.7. The predicted octanol–water partition coefficient (Wildman–Crippen LogP) is 3.93. The molecule has 0 radical (unpaired) electrons. The Hall–Kier alpha value is -0.570. The summed E-state index contributed by atoms with van der Waals surface area (Å²) in [4.78, 5) is 0. The van der Waals surface area contributed by atoms with E-state index in [9.17, 15) is 0 Å². The van der Waals surface area contributed by atoms with Gasteiger partial charge >= 0.3 is 0 Å². The average Bonchev–Trinajstić information content (AvgIpc) is 2.45. The van der Waals surface area contributed by atoms with Crippen molar-refractivity contribution in [3.63, 3.8) is 0 Å². The van der Waals surface area contributed by atoms with Gasteiger partial charge in [0.25, 0.3) is 0 Å². The molecule has 2 rings (SSSR count). The number of hydrogen-bond donors (Lipinski definition) is 2. The third-order valence-corrected chi connectivity index (χ3v) is 4.83. The molecule has 1 aromatic rings. The van der Waals surface area contributed by atoms with Crippen molar-refractivity contribution < 1.29 is 0 Å². The molecule has 1 saturated carbocycles. The van der Waals surface area contributed by atoms with Gasteiger partial charge in [0.05, 0.1) is 0 Å². The molecule has 2 nitrogen and oxygen atoms in total. The zero-order valence-electron chi connectivity index (χ0n) is 11.7. The molecule has 0 spiro atoms. The van der Waals surface area contributed by atoms with Crippen molar-refractivity contribution in [3.05, 3.63) is 34.9 Å². The van der Waals surface area contributed by atoms with Gasteiger partial charge in [0.15, 0.2) is 0 Å². The van der Waals surface area contributed by atoms with Gasteiger partial charge in [-0.25, -0.2) is 0 Å². The first-order valence-corrected chi connectivity index (χ1v) is 7.81. The van der Waals surface area contributed by atoms with Crippen molar-refractivity contribution in [2.24, 2.45) is 17.7 Å². The Balaban J connectivity index is 1.93. The van der Waals surface area contributed by atoms with Crippen molar-refractivity contribution in [1.82, 2.24) is 5.43 Å². The molecule has 1 aromatic carbocycles. The molecule has 1 unspecified atom stereocenters. The smallest absolute Gasteiger partial charge is 0.0408 e. The van der Waals surface area contributed by atoms with Crippen LogP contribution in [0.2, 0.25) is 5.02 Å². The maximum atomic E-state index is 6.04. The molecule has 106 valence electrons. The minimum absolute atomic E-state index is 0.372. The molecule has 1 aliphatic rings. The lowest BCUT2D eigenvalue weighted by molar-refractivity contribution is 0.217. The number of benzene rings is 1. The fraction of sp³-hybridized carbons (Fsp3) is 0.625. The lowest BCUT2D eigenvalue weighted by Crippen LogP contribution is -2.43. The maximum absolute atomic E-state index is 6.04. The molecule has 1 atom stereocenters. The summed E-state index contributed by atoms with van der Waals surface area (Å²) in [7, 11) is 0. The van der Waals surface area contributed by atoms with Gasteiger partial charge in [-0.2, -0.15) is 0 Å². The molecule has 1 aliphatic carbocycles. The van der Waals surface area contributed by atoms with Crippen molar-refractivity contribution >= 4 is 11.6 Å². The van der Waals surface area contributed by atoms with Crippen LogP contribution in [0.4, 0.5) is 0 Å². The van der Waals surface area contributed by atoms with E-state index in [0.717, 1.165) is 17.4 Å². The first kappa shape index (κ1) is 14.8. The Morgan fingerprint density at radius 1 is 1.32 bits per heavy atom. The largest absolute Gasteiger partial charge is 0.271 e. The number of hydrogen-bond acceptors (Lipinski definition) is 2. The van der Waals surface area contributed by atoms with Gasteiger partial charge in [0.2, 0.25) is 0 Å². The molecule has 3 N–H and O–H groups in total. The summed E-state index contributed by atoms with van der Waals surface area (Å²) in [6, 6.07) is 8.48. The molecule has 0 aromatic heterocycles. The van der Waals surface area contributed by atoms with Crippen LogP contribution in [0, 0.1) is 11.8 Å². The predicted molar refractivity (Wildman–Crippen MR) is 82.0 cm³/mol. The van der Waals surface area contributed by atoms with E-state index < -0.39 is 0 Å². The standard InChI is InChI=1S/C16H25ClN2/c1-2-12-6-8-14(9-7-12)16(19-18)11-13-4-3-5-15(17)10-13/h3-5,10,12,14,16,19H,2,6-9,11,18H2,1H3. The molecule has 3 heteroatoms. The Kier molecular flexibility index (Phi) is 5.68. The van der Waals surface area contributed by atoms with Crippen LogP contribution in [0.5, 0.6) is 0 Å². The third-order valence-electron chi connectivity index (χ3n) is 4.60. The number of hydrazine groups is 1. The summed E-state index contributed by atoms with van der Waals surface area (Å²) >= 11 is 6.04. The minimum Gasteiger partial charge on any atom is -0.271 e. The lowest BCUT2D eigenvalue weighted by atomic mass is 9.76. The Labute approximate surface area is 121 Å². The second kappa shape index (κ2) is 7.28. The Morgan fingerprint density at radius 3 is 2.63 bits per heavy atom. The summed E-state index contributed by atoms with van der Waals surface area (Å²) in [5, 5.41) is 0.808. The molecular formula is C16H25ClN2. The molecular weight excluding hydrogens is 256 g/mol. The van der Waals surface area contributed by atoms with Crippen LogP contribution in [0.25, 0.3) is 0 Å². The number of rotatable bonds is 5. The topological polar surface area (TPSA) is 38.0 Å². The van der Waals surface area contributed by atoms with E-state index >= 15 is 0 Å². The van der Waals surface area contributed by atoms with Crippen LogP contribution < -0.4 is 11.3 Å². The number of nitrogens with one attached hydrogen (secondary N) is 1. The van der Waals surface area contributed by atoms with Crippen molar-refractivity contribution in [2.45, 2.75) is 51.5 Å². The summed E-state index contributed by atoms with van der Waals surface area (Å²) in [5.74, 6) is 7.41. The van der Waals surface area contributed by atoms with Gasteiger partial charge in [-0.3, -0.25) is 11.3 Å². The van der Waals surface area contributed by atoms with Crippen LogP contribution in [0.15, 0.2) is 24.3 Å². The highest BCUT2D eigenvalue weighted by atomic mass is 35.5. The lowest BCUT2D eigenvalue weighted by Gasteiger charge is -2.33. The van der Waals surface area contributed by atoms with E-state index in [-0.39, 0.29) is 0 Å². The van der Waals surface area contributed by atoms with E-state index in [4.69, 9.17) is 17.4 Å². The molecule has 1 fully saturated rings. The molecule has 0 aliphatic heterocycles. The SMILES string of the molecule is CCC1CCC(C(Cc2cccc(Cl)c2)NN)CC1. The summed E-state index contributed by atoms with van der Waals surface area (Å²) in [6.45, 7) is 2.30. The highest BCUT2D eigenvalue weighted by molar-refractivity contribution is 6.30. The van der Waals surface area contributed by atoms with Gasteiger partial charge in [0, 0.05) is 11.1 Å². The Morgan fingerprint density at radius 2 is 2.05 bits per heavy atom. The normalized spacial score (nSPS) is 25.2. The third kappa shape index (κ3) is 4.20. The minimum atomic E-state index is 0.372. The van der Waals surface area contributed by atoms with E-state index in [1.54, 1.807) is 0 Å².